The third-order valence-corrected chi connectivity index (χ3v) is 3.89. The molecule has 0 saturated carbocycles. The number of anilines is 2. The van der Waals surface area contributed by atoms with Crippen molar-refractivity contribution in [3.63, 3.8) is 0 Å². The van der Waals surface area contributed by atoms with Crippen molar-refractivity contribution in [2.24, 2.45) is 0 Å². The van der Waals surface area contributed by atoms with Crippen LogP contribution in [-0.4, -0.2) is 23.1 Å². The first-order chi connectivity index (χ1) is 10.3. The monoisotopic (exact) mass is 282 g/mol. The molecule has 21 heavy (non-hydrogen) atoms. The number of para-hydroxylation sites is 2. The summed E-state index contributed by atoms with van der Waals surface area (Å²) in [6, 6.07) is 10.5. The predicted molar refractivity (Wildman–Crippen MR) is 86.6 cm³/mol. The topological polar surface area (TPSA) is 41.1 Å². The molecule has 0 radical (unpaired) electrons. The van der Waals surface area contributed by atoms with Gasteiger partial charge in [0.05, 0.1) is 23.6 Å². The summed E-state index contributed by atoms with van der Waals surface area (Å²) in [7, 11) is 0. The molecule has 1 aliphatic rings. The van der Waals surface area contributed by atoms with Crippen molar-refractivity contribution in [2.75, 3.05) is 23.3 Å². The van der Waals surface area contributed by atoms with Crippen LogP contribution in [0.1, 0.15) is 30.8 Å². The zero-order valence-corrected chi connectivity index (χ0v) is 12.5. The number of hydrogen-bond donors (Lipinski definition) is 1. The van der Waals surface area contributed by atoms with Crippen molar-refractivity contribution in [1.29, 1.82) is 0 Å². The Morgan fingerprint density at radius 2 is 1.90 bits per heavy atom. The molecule has 4 heteroatoms. The maximum Gasteiger partial charge on any atom is 0.125 e. The van der Waals surface area contributed by atoms with Crippen LogP contribution < -0.4 is 10.2 Å². The number of aromatic nitrogens is 2. The van der Waals surface area contributed by atoms with Crippen LogP contribution in [0.25, 0.3) is 0 Å². The normalized spacial score (nSPS) is 15.0. The largest absolute Gasteiger partial charge is 0.378 e. The smallest absolute Gasteiger partial charge is 0.125 e. The molecule has 0 aliphatic carbocycles. The molecule has 2 heterocycles. The van der Waals surface area contributed by atoms with Crippen LogP contribution in [0.5, 0.6) is 0 Å². The second kappa shape index (κ2) is 6.57. The summed E-state index contributed by atoms with van der Waals surface area (Å²) < 4.78 is 0. The van der Waals surface area contributed by atoms with Gasteiger partial charge in [-0.05, 0) is 44.4 Å². The molecule has 1 N–H and O–H groups in total. The molecule has 1 saturated heterocycles. The summed E-state index contributed by atoms with van der Waals surface area (Å²) in [5, 5.41) is 3.52. The first-order valence-electron chi connectivity index (χ1n) is 7.69. The molecule has 4 nitrogen and oxygen atoms in total. The van der Waals surface area contributed by atoms with Crippen LogP contribution in [0.2, 0.25) is 0 Å². The molecule has 1 fully saturated rings. The van der Waals surface area contributed by atoms with Crippen LogP contribution in [0.4, 0.5) is 11.4 Å². The van der Waals surface area contributed by atoms with Gasteiger partial charge in [-0.1, -0.05) is 12.1 Å². The van der Waals surface area contributed by atoms with Crippen molar-refractivity contribution >= 4 is 11.4 Å². The lowest BCUT2D eigenvalue weighted by molar-refractivity contribution is 0.578. The first-order valence-corrected chi connectivity index (χ1v) is 7.69. The summed E-state index contributed by atoms with van der Waals surface area (Å²) in [5.74, 6) is 0.818. The van der Waals surface area contributed by atoms with E-state index in [0.29, 0.717) is 0 Å². The average molecular weight is 282 g/mol. The number of hydrogen-bond acceptors (Lipinski definition) is 4. The highest BCUT2D eigenvalue weighted by Crippen LogP contribution is 2.28. The zero-order valence-electron chi connectivity index (χ0n) is 12.5. The van der Waals surface area contributed by atoms with Gasteiger partial charge in [0.25, 0.3) is 0 Å². The van der Waals surface area contributed by atoms with Gasteiger partial charge < -0.3 is 10.2 Å². The van der Waals surface area contributed by atoms with Crippen molar-refractivity contribution in [3.8, 4) is 0 Å². The zero-order chi connectivity index (χ0) is 14.5. The van der Waals surface area contributed by atoms with E-state index in [-0.39, 0.29) is 0 Å². The Balaban J connectivity index is 1.73. The maximum atomic E-state index is 4.44. The molecule has 0 spiro atoms. The molecule has 1 aromatic heterocycles. The summed E-state index contributed by atoms with van der Waals surface area (Å²) in [5.41, 5.74) is 3.52. The minimum absolute atomic E-state index is 0.730. The average Bonchev–Trinajstić information content (AvgIpc) is 2.54. The van der Waals surface area contributed by atoms with E-state index in [1.54, 1.807) is 0 Å². The summed E-state index contributed by atoms with van der Waals surface area (Å²) in [6.07, 6.45) is 5.75. The van der Waals surface area contributed by atoms with Gasteiger partial charge in [-0.2, -0.15) is 0 Å². The quantitative estimate of drug-likeness (QED) is 0.933. The van der Waals surface area contributed by atoms with Crippen LogP contribution >= 0.6 is 0 Å². The fourth-order valence-corrected chi connectivity index (χ4v) is 2.82. The highest BCUT2D eigenvalue weighted by Gasteiger charge is 2.13. The van der Waals surface area contributed by atoms with Gasteiger partial charge in [0.15, 0.2) is 0 Å². The van der Waals surface area contributed by atoms with Crippen molar-refractivity contribution < 1.29 is 0 Å². The van der Waals surface area contributed by atoms with E-state index < -0.39 is 0 Å². The Kier molecular flexibility index (Phi) is 4.34. The molecule has 0 atom stereocenters. The fourth-order valence-electron chi connectivity index (χ4n) is 2.82. The highest BCUT2D eigenvalue weighted by molar-refractivity contribution is 5.70. The SMILES string of the molecule is Cc1nccc(CNc2ccccc2N2CCCCC2)n1. The number of rotatable bonds is 4. The van der Waals surface area contributed by atoms with Crippen molar-refractivity contribution in [1.82, 2.24) is 9.97 Å². The molecule has 1 aromatic carbocycles. The van der Waals surface area contributed by atoms with Gasteiger partial charge in [-0.25, -0.2) is 9.97 Å². The first kappa shape index (κ1) is 13.9. The number of nitrogens with zero attached hydrogens (tertiary/aromatic N) is 3. The molecule has 0 unspecified atom stereocenters. The van der Waals surface area contributed by atoms with E-state index in [4.69, 9.17) is 0 Å². The molecule has 0 amide bonds. The van der Waals surface area contributed by atoms with Crippen LogP contribution in [-0.2, 0) is 6.54 Å². The lowest BCUT2D eigenvalue weighted by Crippen LogP contribution is -2.30. The Labute approximate surface area is 126 Å². The molecule has 0 bridgehead atoms. The summed E-state index contributed by atoms with van der Waals surface area (Å²) in [6.45, 7) is 4.97. The van der Waals surface area contributed by atoms with Crippen molar-refractivity contribution in [2.45, 2.75) is 32.7 Å². The van der Waals surface area contributed by atoms with Crippen LogP contribution in [0, 0.1) is 6.92 Å². The molecule has 1 aliphatic heterocycles. The number of benzene rings is 1. The molecule has 3 rings (SSSR count). The number of nitrogens with one attached hydrogen (secondary N) is 1. The third kappa shape index (κ3) is 3.51. The second-order valence-electron chi connectivity index (χ2n) is 5.51. The fraction of sp³-hybridized carbons (Fsp3) is 0.412. The van der Waals surface area contributed by atoms with Gasteiger partial charge in [0.2, 0.25) is 0 Å². The van der Waals surface area contributed by atoms with Gasteiger partial charge in [0, 0.05) is 19.3 Å². The Hall–Kier alpha value is -2.10. The minimum Gasteiger partial charge on any atom is -0.378 e. The maximum absolute atomic E-state index is 4.44. The Bertz CT molecular complexity index is 591. The Morgan fingerprint density at radius 1 is 1.10 bits per heavy atom. The number of aryl methyl sites for hydroxylation is 1. The third-order valence-electron chi connectivity index (χ3n) is 3.89. The summed E-state index contributed by atoms with van der Waals surface area (Å²) in [4.78, 5) is 11.1. The van der Waals surface area contributed by atoms with E-state index in [9.17, 15) is 0 Å². The van der Waals surface area contributed by atoms with Gasteiger partial charge in [-0.3, -0.25) is 0 Å². The van der Waals surface area contributed by atoms with E-state index in [1.807, 2.05) is 19.2 Å². The summed E-state index contributed by atoms with van der Waals surface area (Å²) >= 11 is 0. The van der Waals surface area contributed by atoms with E-state index in [1.165, 1.54) is 30.6 Å². The van der Waals surface area contributed by atoms with Gasteiger partial charge in [0.1, 0.15) is 5.82 Å². The number of piperidine rings is 1. The van der Waals surface area contributed by atoms with Crippen LogP contribution in [0.3, 0.4) is 0 Å². The lowest BCUT2D eigenvalue weighted by Gasteiger charge is -2.30. The highest BCUT2D eigenvalue weighted by atomic mass is 15.1. The van der Waals surface area contributed by atoms with Crippen molar-refractivity contribution in [3.05, 3.63) is 48.0 Å². The van der Waals surface area contributed by atoms with E-state index in [2.05, 4.69) is 44.5 Å². The van der Waals surface area contributed by atoms with E-state index >= 15 is 0 Å². The Morgan fingerprint density at radius 3 is 2.71 bits per heavy atom. The molecular formula is C17H22N4. The minimum atomic E-state index is 0.730. The van der Waals surface area contributed by atoms with Crippen LogP contribution in [0.15, 0.2) is 36.5 Å². The standard InChI is InChI=1S/C17H22N4/c1-14-18-10-9-15(20-14)13-19-16-7-3-4-8-17(16)21-11-5-2-6-12-21/h3-4,7-10,19H,2,5-6,11-13H2,1H3. The lowest BCUT2D eigenvalue weighted by atomic mass is 10.1. The van der Waals surface area contributed by atoms with Gasteiger partial charge in [-0.15, -0.1) is 0 Å². The van der Waals surface area contributed by atoms with E-state index in [0.717, 1.165) is 31.2 Å². The molecular weight excluding hydrogens is 260 g/mol. The predicted octanol–water partition coefficient (Wildman–Crippen LogP) is 3.39. The molecule has 2 aromatic rings. The second-order valence-corrected chi connectivity index (χ2v) is 5.51. The molecule has 110 valence electrons. The van der Waals surface area contributed by atoms with Gasteiger partial charge >= 0.3 is 0 Å².